The topological polar surface area (TPSA) is 6.48 Å². The average molecular weight is 292 g/mol. The van der Waals surface area contributed by atoms with Crippen molar-refractivity contribution in [1.82, 2.24) is 4.90 Å². The van der Waals surface area contributed by atoms with Gasteiger partial charge >= 0.3 is 0 Å². The lowest BCUT2D eigenvalue weighted by Crippen LogP contribution is -2.45. The van der Waals surface area contributed by atoms with Gasteiger partial charge in [0.25, 0.3) is 0 Å². The first-order valence-corrected chi connectivity index (χ1v) is 8.80. The molecule has 4 aliphatic rings. The highest BCUT2D eigenvalue weighted by atomic mass is 15.2. The Morgan fingerprint density at radius 3 is 3.05 bits per heavy atom. The minimum Gasteiger partial charge on any atom is -0.367 e. The van der Waals surface area contributed by atoms with Gasteiger partial charge < -0.3 is 9.80 Å². The summed E-state index contributed by atoms with van der Waals surface area (Å²) < 4.78 is 0. The molecule has 5 rings (SSSR count). The zero-order valence-electron chi connectivity index (χ0n) is 13.4. The minimum absolute atomic E-state index is 0.712. The minimum atomic E-state index is 0.712. The van der Waals surface area contributed by atoms with Crippen LogP contribution in [-0.2, 0) is 0 Å². The van der Waals surface area contributed by atoms with Gasteiger partial charge in [-0.3, -0.25) is 0 Å². The van der Waals surface area contributed by atoms with E-state index in [2.05, 4.69) is 47.2 Å². The van der Waals surface area contributed by atoms with Gasteiger partial charge in [0.2, 0.25) is 0 Å². The van der Waals surface area contributed by atoms with Gasteiger partial charge in [0.15, 0.2) is 0 Å². The number of nitrogens with zero attached hydrogens (tertiary/aromatic N) is 2. The molecule has 0 bridgehead atoms. The lowest BCUT2D eigenvalue weighted by atomic mass is 9.86. The fourth-order valence-electron chi connectivity index (χ4n) is 5.13. The molecule has 114 valence electrons. The van der Waals surface area contributed by atoms with Gasteiger partial charge in [-0.05, 0) is 50.4 Å². The number of hydrogen-bond acceptors (Lipinski definition) is 2. The molecule has 0 saturated carbocycles. The van der Waals surface area contributed by atoms with E-state index in [-0.39, 0.29) is 0 Å². The van der Waals surface area contributed by atoms with E-state index in [1.807, 2.05) is 0 Å². The molecule has 0 aromatic heterocycles. The van der Waals surface area contributed by atoms with Crippen LogP contribution in [0.4, 0.5) is 5.69 Å². The third kappa shape index (κ3) is 1.70. The number of likely N-dealkylation sites (N-methyl/N-ethyl adjacent to an activating group) is 1. The van der Waals surface area contributed by atoms with Crippen molar-refractivity contribution in [2.75, 3.05) is 31.6 Å². The summed E-state index contributed by atoms with van der Waals surface area (Å²) in [5, 5.41) is 0. The van der Waals surface area contributed by atoms with Crippen LogP contribution in [0, 0.1) is 0 Å². The van der Waals surface area contributed by atoms with Gasteiger partial charge in [-0.2, -0.15) is 0 Å². The summed E-state index contributed by atoms with van der Waals surface area (Å²) in [6.07, 6.45) is 9.82. The van der Waals surface area contributed by atoms with Crippen LogP contribution in [0.3, 0.4) is 0 Å². The molecule has 3 aliphatic heterocycles. The van der Waals surface area contributed by atoms with Crippen LogP contribution >= 0.6 is 0 Å². The first-order chi connectivity index (χ1) is 10.8. The van der Waals surface area contributed by atoms with Gasteiger partial charge in [-0.1, -0.05) is 35.9 Å². The number of benzene rings is 1. The summed E-state index contributed by atoms with van der Waals surface area (Å²) >= 11 is 0. The van der Waals surface area contributed by atoms with Crippen molar-refractivity contribution < 1.29 is 0 Å². The van der Waals surface area contributed by atoms with E-state index in [0.717, 1.165) is 6.04 Å². The summed E-state index contributed by atoms with van der Waals surface area (Å²) in [5.74, 6) is 0.712. The summed E-state index contributed by atoms with van der Waals surface area (Å²) in [7, 11) is 2.28. The highest BCUT2D eigenvalue weighted by molar-refractivity contribution is 5.89. The largest absolute Gasteiger partial charge is 0.367 e. The molecule has 22 heavy (non-hydrogen) atoms. The van der Waals surface area contributed by atoms with Crippen LogP contribution in [0.2, 0.25) is 0 Å². The van der Waals surface area contributed by atoms with Crippen LogP contribution in [-0.4, -0.2) is 37.6 Å². The molecule has 2 nitrogen and oxygen atoms in total. The molecule has 2 unspecified atom stereocenters. The van der Waals surface area contributed by atoms with Crippen molar-refractivity contribution in [2.45, 2.75) is 37.6 Å². The Balaban J connectivity index is 1.70. The molecule has 1 aromatic carbocycles. The predicted octanol–water partition coefficient (Wildman–Crippen LogP) is 3.80. The van der Waals surface area contributed by atoms with Crippen molar-refractivity contribution in [3.8, 4) is 0 Å². The molecule has 1 aromatic rings. The maximum absolute atomic E-state index is 2.77. The van der Waals surface area contributed by atoms with Crippen molar-refractivity contribution in [1.29, 1.82) is 0 Å². The smallest absolute Gasteiger partial charge is 0.0485 e. The first kappa shape index (κ1) is 13.0. The Morgan fingerprint density at radius 2 is 2.09 bits per heavy atom. The number of rotatable bonds is 0. The monoisotopic (exact) mass is 292 g/mol. The molecular weight excluding hydrogens is 268 g/mol. The standard InChI is InChI=1S/C20H24N2/c1-21-11-10-19-18(13-21)17-8-4-7-16-15-6-3-2-5-14(15)9-12-22(19)20(16)17/h3-4,6-8,18-19H,2,5,9-13H2,1H3. The fourth-order valence-corrected chi connectivity index (χ4v) is 5.13. The second kappa shape index (κ2) is 4.73. The lowest BCUT2D eigenvalue weighted by molar-refractivity contribution is 0.231. The molecule has 0 N–H and O–H groups in total. The van der Waals surface area contributed by atoms with E-state index in [1.54, 1.807) is 16.8 Å². The van der Waals surface area contributed by atoms with Crippen LogP contribution in [0.25, 0.3) is 5.57 Å². The van der Waals surface area contributed by atoms with E-state index in [0.29, 0.717) is 5.92 Å². The average Bonchev–Trinajstić information content (AvgIpc) is 2.75. The van der Waals surface area contributed by atoms with Gasteiger partial charge in [0.05, 0.1) is 0 Å². The quantitative estimate of drug-likeness (QED) is 0.717. The number of anilines is 1. The predicted molar refractivity (Wildman–Crippen MR) is 92.3 cm³/mol. The third-order valence-corrected chi connectivity index (χ3v) is 6.16. The number of fused-ring (bicyclic) bond motifs is 4. The Labute approximate surface area is 133 Å². The zero-order chi connectivity index (χ0) is 14.7. The highest BCUT2D eigenvalue weighted by Crippen LogP contribution is 2.50. The maximum Gasteiger partial charge on any atom is 0.0485 e. The number of hydrogen-bond donors (Lipinski definition) is 0. The molecule has 1 fully saturated rings. The summed E-state index contributed by atoms with van der Waals surface area (Å²) in [4.78, 5) is 5.28. The highest BCUT2D eigenvalue weighted by Gasteiger charge is 2.43. The zero-order valence-corrected chi connectivity index (χ0v) is 13.4. The second-order valence-electron chi connectivity index (χ2n) is 7.37. The fraction of sp³-hybridized carbons (Fsp3) is 0.500. The Bertz CT molecular complexity index is 685. The molecular formula is C20H24N2. The molecule has 1 aliphatic carbocycles. The third-order valence-electron chi connectivity index (χ3n) is 6.16. The number of likely N-dealkylation sites (tertiary alicyclic amines) is 1. The molecule has 1 saturated heterocycles. The molecule has 2 atom stereocenters. The molecule has 2 heteroatoms. The Morgan fingerprint density at radius 1 is 1.14 bits per heavy atom. The Kier molecular flexibility index (Phi) is 2.78. The van der Waals surface area contributed by atoms with Crippen molar-refractivity contribution >= 4 is 11.3 Å². The van der Waals surface area contributed by atoms with Gasteiger partial charge in [0.1, 0.15) is 0 Å². The van der Waals surface area contributed by atoms with Gasteiger partial charge in [0, 0.05) is 36.3 Å². The van der Waals surface area contributed by atoms with Crippen molar-refractivity contribution in [3.63, 3.8) is 0 Å². The van der Waals surface area contributed by atoms with E-state index < -0.39 is 0 Å². The van der Waals surface area contributed by atoms with Crippen LogP contribution in [0.1, 0.15) is 42.7 Å². The molecule has 0 amide bonds. The van der Waals surface area contributed by atoms with Gasteiger partial charge in [-0.15, -0.1) is 0 Å². The van der Waals surface area contributed by atoms with Crippen LogP contribution < -0.4 is 4.90 Å². The van der Waals surface area contributed by atoms with Crippen LogP contribution in [0.5, 0.6) is 0 Å². The SMILES string of the molecule is CN1CCC2C(C1)c1cccc3c1N2CCC1=C3C=CCC1. The Hall–Kier alpha value is -1.54. The van der Waals surface area contributed by atoms with E-state index >= 15 is 0 Å². The summed E-state index contributed by atoms with van der Waals surface area (Å²) in [5.41, 5.74) is 7.93. The van der Waals surface area contributed by atoms with E-state index in [9.17, 15) is 0 Å². The van der Waals surface area contributed by atoms with Crippen molar-refractivity contribution in [2.24, 2.45) is 0 Å². The van der Waals surface area contributed by atoms with E-state index in [1.165, 1.54) is 56.5 Å². The number of piperidine rings is 1. The van der Waals surface area contributed by atoms with Crippen LogP contribution in [0.15, 0.2) is 35.9 Å². The van der Waals surface area contributed by atoms with Gasteiger partial charge in [-0.25, -0.2) is 0 Å². The molecule has 3 heterocycles. The normalized spacial score (nSPS) is 30.0. The summed E-state index contributed by atoms with van der Waals surface area (Å²) in [6.45, 7) is 3.69. The molecule has 0 radical (unpaired) electrons. The maximum atomic E-state index is 2.77. The summed E-state index contributed by atoms with van der Waals surface area (Å²) in [6, 6.07) is 7.79. The first-order valence-electron chi connectivity index (χ1n) is 8.80. The number of para-hydroxylation sites is 1. The molecule has 0 spiro atoms. The second-order valence-corrected chi connectivity index (χ2v) is 7.37. The van der Waals surface area contributed by atoms with E-state index in [4.69, 9.17) is 0 Å². The number of allylic oxidation sites excluding steroid dienone is 3. The van der Waals surface area contributed by atoms with Crippen molar-refractivity contribution in [3.05, 3.63) is 47.1 Å². The lowest BCUT2D eigenvalue weighted by Gasteiger charge is -2.37.